The molecule has 1 aliphatic heterocycles. The summed E-state index contributed by atoms with van der Waals surface area (Å²) in [6.07, 6.45) is 11.4. The Bertz CT molecular complexity index is 382. The van der Waals surface area contributed by atoms with Crippen molar-refractivity contribution >= 4 is 5.97 Å². The second-order valence-electron chi connectivity index (χ2n) is 7.28. The van der Waals surface area contributed by atoms with Gasteiger partial charge < -0.3 is 20.1 Å². The predicted octanol–water partition coefficient (Wildman–Crippen LogP) is 3.25. The highest BCUT2D eigenvalue weighted by molar-refractivity contribution is 5.82. The maximum Gasteiger partial charge on any atom is 0.330 e. The fourth-order valence-electron chi connectivity index (χ4n) is 3.29. The molecule has 1 heterocycles. The lowest BCUT2D eigenvalue weighted by Gasteiger charge is -2.23. The van der Waals surface area contributed by atoms with Crippen molar-refractivity contribution in [1.29, 1.82) is 0 Å². The van der Waals surface area contributed by atoms with Gasteiger partial charge in [-0.25, -0.2) is 4.79 Å². The number of cyclic esters (lactones) is 1. The molecular weight excluding hydrogens is 320 g/mol. The van der Waals surface area contributed by atoms with E-state index >= 15 is 0 Å². The lowest BCUT2D eigenvalue weighted by atomic mass is 9.97. The van der Waals surface area contributed by atoms with Gasteiger partial charge in [0.05, 0.1) is 18.3 Å². The van der Waals surface area contributed by atoms with Gasteiger partial charge in [-0.2, -0.15) is 0 Å². The Kier molecular flexibility index (Phi) is 11.8. The van der Waals surface area contributed by atoms with Gasteiger partial charge in [0, 0.05) is 18.9 Å². The fourth-order valence-corrected chi connectivity index (χ4v) is 3.29. The highest BCUT2D eigenvalue weighted by atomic mass is 16.5. The Morgan fingerprint density at radius 3 is 2.32 bits per heavy atom. The molecule has 0 spiro atoms. The van der Waals surface area contributed by atoms with Crippen molar-refractivity contribution in [3.63, 3.8) is 0 Å². The summed E-state index contributed by atoms with van der Waals surface area (Å²) in [5, 5.41) is 30.1. The number of aliphatic hydroxyl groups excluding tert-OH is 3. The third-order valence-electron chi connectivity index (χ3n) is 4.70. The molecule has 0 amide bonds. The van der Waals surface area contributed by atoms with E-state index in [9.17, 15) is 20.1 Å². The molecule has 0 aliphatic carbocycles. The van der Waals surface area contributed by atoms with Gasteiger partial charge in [-0.05, 0) is 19.3 Å². The van der Waals surface area contributed by atoms with Crippen molar-refractivity contribution in [1.82, 2.24) is 0 Å². The summed E-state index contributed by atoms with van der Waals surface area (Å²) in [6.45, 7) is 2.21. The molecule has 1 aliphatic rings. The van der Waals surface area contributed by atoms with Crippen LogP contribution in [-0.2, 0) is 9.53 Å². The van der Waals surface area contributed by atoms with Crippen LogP contribution in [0.2, 0.25) is 0 Å². The standard InChI is InChI=1S/C20H36O5/c1-2-3-4-5-6-7-8-10-16(21)13-17(22)14-18(23)15-19-11-9-12-20(24)25-19/h9,12,16-19,21-23H,2-8,10-11,13-15H2,1H3/t16-,17-,18-,19-/m0/s1. The third kappa shape index (κ3) is 11.3. The van der Waals surface area contributed by atoms with Crippen LogP contribution in [0.3, 0.4) is 0 Å². The molecule has 0 radical (unpaired) electrons. The molecule has 4 atom stereocenters. The Morgan fingerprint density at radius 1 is 1.00 bits per heavy atom. The number of unbranched alkanes of at least 4 members (excludes halogenated alkanes) is 6. The van der Waals surface area contributed by atoms with Crippen LogP contribution in [0.4, 0.5) is 0 Å². The van der Waals surface area contributed by atoms with Crippen LogP contribution >= 0.6 is 0 Å². The van der Waals surface area contributed by atoms with Crippen LogP contribution in [0.1, 0.15) is 84.0 Å². The summed E-state index contributed by atoms with van der Waals surface area (Å²) in [7, 11) is 0. The maximum absolute atomic E-state index is 11.1. The van der Waals surface area contributed by atoms with E-state index in [1.54, 1.807) is 6.08 Å². The van der Waals surface area contributed by atoms with Crippen LogP contribution < -0.4 is 0 Å². The zero-order valence-electron chi connectivity index (χ0n) is 15.6. The first-order valence-electron chi connectivity index (χ1n) is 9.92. The van der Waals surface area contributed by atoms with Gasteiger partial charge in [0.2, 0.25) is 0 Å². The molecule has 146 valence electrons. The van der Waals surface area contributed by atoms with Gasteiger partial charge in [-0.3, -0.25) is 0 Å². The predicted molar refractivity (Wildman–Crippen MR) is 98.1 cm³/mol. The average molecular weight is 357 g/mol. The molecule has 3 N–H and O–H groups in total. The lowest BCUT2D eigenvalue weighted by molar-refractivity contribution is -0.145. The van der Waals surface area contributed by atoms with Crippen molar-refractivity contribution in [3.05, 3.63) is 12.2 Å². The molecule has 0 bridgehead atoms. The van der Waals surface area contributed by atoms with Crippen LogP contribution in [0, 0.1) is 0 Å². The average Bonchev–Trinajstić information content (AvgIpc) is 2.53. The summed E-state index contributed by atoms with van der Waals surface area (Å²) >= 11 is 0. The summed E-state index contributed by atoms with van der Waals surface area (Å²) < 4.78 is 5.10. The molecule has 25 heavy (non-hydrogen) atoms. The van der Waals surface area contributed by atoms with Crippen LogP contribution in [-0.4, -0.2) is 45.7 Å². The van der Waals surface area contributed by atoms with E-state index in [-0.39, 0.29) is 24.9 Å². The summed E-state index contributed by atoms with van der Waals surface area (Å²) in [5.41, 5.74) is 0. The van der Waals surface area contributed by atoms with E-state index in [1.807, 2.05) is 0 Å². The van der Waals surface area contributed by atoms with Crippen molar-refractivity contribution in [2.75, 3.05) is 0 Å². The molecule has 0 saturated heterocycles. The number of esters is 1. The van der Waals surface area contributed by atoms with Gasteiger partial charge in [-0.1, -0.05) is 57.9 Å². The Labute approximate surface area is 152 Å². The molecule has 5 heteroatoms. The monoisotopic (exact) mass is 356 g/mol. The number of rotatable bonds is 14. The molecule has 5 nitrogen and oxygen atoms in total. The van der Waals surface area contributed by atoms with Gasteiger partial charge >= 0.3 is 5.97 Å². The summed E-state index contributed by atoms with van der Waals surface area (Å²) in [4.78, 5) is 11.1. The van der Waals surface area contributed by atoms with Crippen LogP contribution in [0.15, 0.2) is 12.2 Å². The van der Waals surface area contributed by atoms with E-state index in [0.717, 1.165) is 12.8 Å². The van der Waals surface area contributed by atoms with Crippen LogP contribution in [0.25, 0.3) is 0 Å². The number of ether oxygens (including phenoxy) is 1. The molecule has 0 aromatic carbocycles. The minimum Gasteiger partial charge on any atom is -0.459 e. The quantitative estimate of drug-likeness (QED) is 0.328. The molecule has 0 saturated carbocycles. The van der Waals surface area contributed by atoms with E-state index in [2.05, 4.69) is 6.92 Å². The third-order valence-corrected chi connectivity index (χ3v) is 4.70. The Hall–Kier alpha value is -0.910. The smallest absolute Gasteiger partial charge is 0.330 e. The highest BCUT2D eigenvalue weighted by Crippen LogP contribution is 2.18. The first kappa shape index (κ1) is 22.1. The van der Waals surface area contributed by atoms with Gasteiger partial charge in [0.25, 0.3) is 0 Å². The molecule has 1 rings (SSSR count). The number of hydrogen-bond donors (Lipinski definition) is 3. The van der Waals surface area contributed by atoms with E-state index in [1.165, 1.54) is 38.2 Å². The summed E-state index contributed by atoms with van der Waals surface area (Å²) in [6, 6.07) is 0. The van der Waals surface area contributed by atoms with Gasteiger partial charge in [-0.15, -0.1) is 0 Å². The number of hydrogen-bond acceptors (Lipinski definition) is 5. The molecule has 0 aromatic rings. The largest absolute Gasteiger partial charge is 0.459 e. The van der Waals surface area contributed by atoms with E-state index in [4.69, 9.17) is 4.74 Å². The van der Waals surface area contributed by atoms with E-state index < -0.39 is 18.3 Å². The zero-order chi connectivity index (χ0) is 18.5. The first-order chi connectivity index (χ1) is 12.0. The minimum absolute atomic E-state index is 0.200. The lowest BCUT2D eigenvalue weighted by Crippen LogP contribution is -2.28. The van der Waals surface area contributed by atoms with Crippen molar-refractivity contribution in [2.45, 2.75) is 108 Å². The van der Waals surface area contributed by atoms with E-state index in [0.29, 0.717) is 19.3 Å². The summed E-state index contributed by atoms with van der Waals surface area (Å²) in [5.74, 6) is -0.380. The number of carbonyl (C=O) groups excluding carboxylic acids is 1. The molecule has 0 fully saturated rings. The van der Waals surface area contributed by atoms with Crippen molar-refractivity contribution in [3.8, 4) is 0 Å². The van der Waals surface area contributed by atoms with Gasteiger partial charge in [0.15, 0.2) is 0 Å². The minimum atomic E-state index is -0.732. The SMILES string of the molecule is CCCCCCCCC[C@H](O)C[C@H](O)C[C@H](O)C[C@@H]1CC=CC(=O)O1. The first-order valence-corrected chi connectivity index (χ1v) is 9.92. The topological polar surface area (TPSA) is 87.0 Å². The molecular formula is C20H36O5. The highest BCUT2D eigenvalue weighted by Gasteiger charge is 2.22. The number of carbonyl (C=O) groups is 1. The maximum atomic E-state index is 11.1. The number of aliphatic hydroxyl groups is 3. The second kappa shape index (κ2) is 13.3. The zero-order valence-corrected chi connectivity index (χ0v) is 15.6. The van der Waals surface area contributed by atoms with Crippen molar-refractivity contribution in [2.24, 2.45) is 0 Å². The molecule has 0 aromatic heterocycles. The Balaban J connectivity index is 2.06. The normalized spacial score (nSPS) is 21.0. The van der Waals surface area contributed by atoms with Crippen molar-refractivity contribution < 1.29 is 24.9 Å². The second-order valence-corrected chi connectivity index (χ2v) is 7.28. The molecule has 0 unspecified atom stereocenters. The van der Waals surface area contributed by atoms with Gasteiger partial charge in [0.1, 0.15) is 6.10 Å². The fraction of sp³-hybridized carbons (Fsp3) is 0.850. The Morgan fingerprint density at radius 2 is 1.64 bits per heavy atom. The van der Waals surface area contributed by atoms with Crippen LogP contribution in [0.5, 0.6) is 0 Å².